The molecular weight excluding hydrogens is 250 g/mol. The van der Waals surface area contributed by atoms with Crippen LogP contribution in [-0.2, 0) is 4.79 Å². The van der Waals surface area contributed by atoms with Gasteiger partial charge in [0.05, 0.1) is 6.04 Å². The van der Waals surface area contributed by atoms with Gasteiger partial charge in [-0.05, 0) is 49.4 Å². The van der Waals surface area contributed by atoms with Crippen LogP contribution in [0.15, 0.2) is 30.5 Å². The minimum atomic E-state index is -0.0419. The van der Waals surface area contributed by atoms with Gasteiger partial charge < -0.3 is 9.69 Å². The topological polar surface area (TPSA) is 57.0 Å². The van der Waals surface area contributed by atoms with Gasteiger partial charge in [-0.25, -0.2) is 4.98 Å². The summed E-state index contributed by atoms with van der Waals surface area (Å²) in [5.74, 6) is 0. The summed E-state index contributed by atoms with van der Waals surface area (Å²) in [7, 11) is 0. The molecule has 4 nitrogen and oxygen atoms in total. The normalized spacial score (nSPS) is 21.9. The van der Waals surface area contributed by atoms with E-state index in [9.17, 15) is 4.79 Å². The number of nitrogens with zero attached hydrogens (tertiary/aromatic N) is 3. The summed E-state index contributed by atoms with van der Waals surface area (Å²) in [5, 5.41) is 10.9. The van der Waals surface area contributed by atoms with Gasteiger partial charge in [0.2, 0.25) is 0 Å². The fourth-order valence-electron chi connectivity index (χ4n) is 3.01. The number of aldehydes is 1. The SMILES string of the molecule is CC1CCC(C=O)N1c1ccc2c(C#N)nccc2c1. The first-order chi connectivity index (χ1) is 9.74. The highest BCUT2D eigenvalue weighted by Crippen LogP contribution is 2.32. The molecule has 1 saturated heterocycles. The molecular formula is C16H15N3O. The highest BCUT2D eigenvalue weighted by Gasteiger charge is 2.30. The molecule has 0 amide bonds. The lowest BCUT2D eigenvalue weighted by atomic mass is 10.1. The molecule has 100 valence electrons. The Kier molecular flexibility index (Phi) is 3.11. The molecule has 0 spiro atoms. The van der Waals surface area contributed by atoms with Crippen LogP contribution < -0.4 is 4.90 Å². The fourth-order valence-corrected chi connectivity index (χ4v) is 3.01. The number of nitriles is 1. The Bertz CT molecular complexity index is 704. The van der Waals surface area contributed by atoms with Crippen molar-refractivity contribution in [3.8, 4) is 6.07 Å². The first-order valence-corrected chi connectivity index (χ1v) is 6.77. The first-order valence-electron chi connectivity index (χ1n) is 6.77. The van der Waals surface area contributed by atoms with Crippen LogP contribution in [0.1, 0.15) is 25.5 Å². The van der Waals surface area contributed by atoms with Gasteiger partial charge in [0.25, 0.3) is 0 Å². The van der Waals surface area contributed by atoms with Crippen molar-refractivity contribution >= 4 is 22.7 Å². The zero-order valence-electron chi connectivity index (χ0n) is 11.3. The quantitative estimate of drug-likeness (QED) is 0.783. The molecule has 2 atom stereocenters. The summed E-state index contributed by atoms with van der Waals surface area (Å²) < 4.78 is 0. The van der Waals surface area contributed by atoms with Crippen molar-refractivity contribution in [1.29, 1.82) is 5.26 Å². The van der Waals surface area contributed by atoms with Crippen LogP contribution in [0, 0.1) is 11.3 Å². The minimum Gasteiger partial charge on any atom is -0.359 e. The molecule has 3 rings (SSSR count). The molecule has 1 aromatic heterocycles. The van der Waals surface area contributed by atoms with E-state index in [1.165, 1.54) is 0 Å². The maximum atomic E-state index is 11.2. The van der Waals surface area contributed by atoms with Gasteiger partial charge in [-0.15, -0.1) is 0 Å². The standard InChI is InChI=1S/C16H15N3O/c1-11-2-3-14(10-20)19(11)13-4-5-15-12(8-13)6-7-18-16(15)9-17/h4-8,10-11,14H,2-3H2,1H3. The summed E-state index contributed by atoms with van der Waals surface area (Å²) >= 11 is 0. The average molecular weight is 265 g/mol. The van der Waals surface area contributed by atoms with Crippen molar-refractivity contribution < 1.29 is 4.79 Å². The summed E-state index contributed by atoms with van der Waals surface area (Å²) in [4.78, 5) is 17.4. The monoisotopic (exact) mass is 265 g/mol. The number of rotatable bonds is 2. The van der Waals surface area contributed by atoms with Crippen molar-refractivity contribution in [3.63, 3.8) is 0 Å². The lowest BCUT2D eigenvalue weighted by molar-refractivity contribution is -0.108. The second-order valence-corrected chi connectivity index (χ2v) is 5.21. The number of hydrogen-bond acceptors (Lipinski definition) is 4. The average Bonchev–Trinajstić information content (AvgIpc) is 2.86. The number of pyridine rings is 1. The van der Waals surface area contributed by atoms with E-state index in [0.717, 1.165) is 35.6 Å². The van der Waals surface area contributed by atoms with Crippen LogP contribution >= 0.6 is 0 Å². The maximum Gasteiger partial charge on any atom is 0.148 e. The van der Waals surface area contributed by atoms with Crippen LogP contribution in [0.2, 0.25) is 0 Å². The Morgan fingerprint density at radius 2 is 2.25 bits per heavy atom. The van der Waals surface area contributed by atoms with E-state index in [1.54, 1.807) is 6.20 Å². The number of carbonyl (C=O) groups is 1. The zero-order valence-corrected chi connectivity index (χ0v) is 11.3. The van der Waals surface area contributed by atoms with E-state index >= 15 is 0 Å². The third-order valence-electron chi connectivity index (χ3n) is 4.02. The maximum absolute atomic E-state index is 11.2. The van der Waals surface area contributed by atoms with Crippen LogP contribution in [-0.4, -0.2) is 23.4 Å². The van der Waals surface area contributed by atoms with Gasteiger partial charge in [-0.3, -0.25) is 0 Å². The molecule has 0 radical (unpaired) electrons. The lowest BCUT2D eigenvalue weighted by Gasteiger charge is -2.28. The summed E-state index contributed by atoms with van der Waals surface area (Å²) in [5.41, 5.74) is 1.48. The fraction of sp³-hybridized carbons (Fsp3) is 0.312. The predicted octanol–water partition coefficient (Wildman–Crippen LogP) is 2.66. The van der Waals surface area contributed by atoms with Crippen molar-refractivity contribution in [1.82, 2.24) is 4.98 Å². The third kappa shape index (κ3) is 1.92. The molecule has 2 unspecified atom stereocenters. The number of benzene rings is 1. The molecule has 1 aromatic carbocycles. The molecule has 2 aromatic rings. The van der Waals surface area contributed by atoms with Gasteiger partial charge in [0.1, 0.15) is 18.0 Å². The molecule has 0 saturated carbocycles. The van der Waals surface area contributed by atoms with Gasteiger partial charge in [-0.1, -0.05) is 0 Å². The van der Waals surface area contributed by atoms with E-state index < -0.39 is 0 Å². The van der Waals surface area contributed by atoms with Crippen molar-refractivity contribution in [2.24, 2.45) is 0 Å². The molecule has 1 aliphatic heterocycles. The summed E-state index contributed by atoms with van der Waals surface area (Å²) in [6.45, 7) is 2.14. The highest BCUT2D eigenvalue weighted by atomic mass is 16.1. The number of anilines is 1. The number of aromatic nitrogens is 1. The lowest BCUT2D eigenvalue weighted by Crippen LogP contribution is -2.35. The molecule has 4 heteroatoms. The Morgan fingerprint density at radius 3 is 3.00 bits per heavy atom. The first kappa shape index (κ1) is 12.6. The minimum absolute atomic E-state index is 0.0419. The van der Waals surface area contributed by atoms with Crippen LogP contribution in [0.3, 0.4) is 0 Å². The van der Waals surface area contributed by atoms with Gasteiger partial charge in [0.15, 0.2) is 0 Å². The van der Waals surface area contributed by atoms with E-state index in [1.807, 2.05) is 24.3 Å². The number of hydrogen-bond donors (Lipinski definition) is 0. The Balaban J connectivity index is 2.10. The second kappa shape index (κ2) is 4.93. The Morgan fingerprint density at radius 1 is 1.40 bits per heavy atom. The van der Waals surface area contributed by atoms with E-state index in [0.29, 0.717) is 11.7 Å². The zero-order chi connectivity index (χ0) is 14.1. The van der Waals surface area contributed by atoms with Crippen LogP contribution in [0.5, 0.6) is 0 Å². The van der Waals surface area contributed by atoms with Crippen molar-refractivity contribution in [2.45, 2.75) is 31.8 Å². The van der Waals surface area contributed by atoms with E-state index in [4.69, 9.17) is 5.26 Å². The van der Waals surface area contributed by atoms with E-state index in [2.05, 4.69) is 22.9 Å². The molecule has 1 aliphatic rings. The molecule has 20 heavy (non-hydrogen) atoms. The smallest absolute Gasteiger partial charge is 0.148 e. The van der Waals surface area contributed by atoms with Gasteiger partial charge in [-0.2, -0.15) is 5.26 Å². The van der Waals surface area contributed by atoms with E-state index in [-0.39, 0.29) is 6.04 Å². The Hall–Kier alpha value is -2.41. The number of fused-ring (bicyclic) bond motifs is 1. The van der Waals surface area contributed by atoms with Crippen LogP contribution in [0.4, 0.5) is 5.69 Å². The largest absolute Gasteiger partial charge is 0.359 e. The Labute approximate surface area is 117 Å². The third-order valence-corrected chi connectivity index (χ3v) is 4.02. The van der Waals surface area contributed by atoms with Gasteiger partial charge in [0, 0.05) is 23.3 Å². The molecule has 1 fully saturated rings. The van der Waals surface area contributed by atoms with Crippen molar-refractivity contribution in [3.05, 3.63) is 36.2 Å². The van der Waals surface area contributed by atoms with Gasteiger partial charge >= 0.3 is 0 Å². The van der Waals surface area contributed by atoms with Crippen molar-refractivity contribution in [2.75, 3.05) is 4.90 Å². The molecule has 0 bridgehead atoms. The number of carbonyl (C=O) groups excluding carboxylic acids is 1. The molecule has 0 aliphatic carbocycles. The second-order valence-electron chi connectivity index (χ2n) is 5.21. The predicted molar refractivity (Wildman–Crippen MR) is 77.5 cm³/mol. The highest BCUT2D eigenvalue weighted by molar-refractivity contribution is 5.89. The summed E-state index contributed by atoms with van der Waals surface area (Å²) in [6.07, 6.45) is 4.61. The van der Waals surface area contributed by atoms with Crippen LogP contribution in [0.25, 0.3) is 10.8 Å². The molecule has 0 N–H and O–H groups in total. The summed E-state index contributed by atoms with van der Waals surface area (Å²) in [6, 6.07) is 10.3. The molecule has 2 heterocycles.